The number of nitrogens with zero attached hydrogens (tertiary/aromatic N) is 1. The molecule has 1 fully saturated rings. The lowest BCUT2D eigenvalue weighted by Gasteiger charge is -2.29. The summed E-state index contributed by atoms with van der Waals surface area (Å²) in [5.74, 6) is 0.273. The zero-order valence-corrected chi connectivity index (χ0v) is 12.4. The second-order valence-corrected chi connectivity index (χ2v) is 6.28. The molecule has 2 aromatic rings. The van der Waals surface area contributed by atoms with Gasteiger partial charge in [-0.25, -0.2) is 0 Å². The Labute approximate surface area is 128 Å². The molecule has 0 radical (unpaired) electrons. The second kappa shape index (κ2) is 5.04. The Morgan fingerprint density at radius 2 is 2.33 bits per heavy atom. The first kappa shape index (κ1) is 13.2. The highest BCUT2D eigenvalue weighted by Crippen LogP contribution is 2.30. The first-order valence-corrected chi connectivity index (χ1v) is 7.75. The predicted molar refractivity (Wildman–Crippen MR) is 81.4 cm³/mol. The van der Waals surface area contributed by atoms with Crippen LogP contribution in [0.2, 0.25) is 5.02 Å². The number of aromatic amines is 1. The van der Waals surface area contributed by atoms with Crippen LogP contribution in [0.5, 0.6) is 0 Å². The lowest BCUT2D eigenvalue weighted by Crippen LogP contribution is -2.39. The van der Waals surface area contributed by atoms with Crippen LogP contribution in [0.4, 0.5) is 0 Å². The molecule has 110 valence electrons. The quantitative estimate of drug-likeness (QED) is 0.880. The van der Waals surface area contributed by atoms with Gasteiger partial charge in [0.15, 0.2) is 0 Å². The molecule has 0 saturated carbocycles. The van der Waals surface area contributed by atoms with Crippen molar-refractivity contribution >= 4 is 28.4 Å². The van der Waals surface area contributed by atoms with Gasteiger partial charge in [-0.15, -0.1) is 0 Å². The fourth-order valence-electron chi connectivity index (χ4n) is 3.36. The van der Waals surface area contributed by atoms with Crippen molar-refractivity contribution in [2.45, 2.75) is 19.4 Å². The van der Waals surface area contributed by atoms with E-state index in [9.17, 15) is 4.79 Å². The minimum absolute atomic E-state index is 0.0420. The maximum Gasteiger partial charge on any atom is 0.228 e. The Balaban J connectivity index is 1.65. The van der Waals surface area contributed by atoms with Crippen LogP contribution in [-0.4, -0.2) is 35.5 Å². The summed E-state index contributed by atoms with van der Waals surface area (Å²) < 4.78 is 5.34. The first-order valence-electron chi connectivity index (χ1n) is 7.38. The van der Waals surface area contributed by atoms with Gasteiger partial charge < -0.3 is 14.6 Å². The number of carbonyl (C=O) groups is 1. The molecular formula is C16H17ClN2O2. The average Bonchev–Trinajstić information content (AvgIpc) is 3.13. The highest BCUT2D eigenvalue weighted by Gasteiger charge is 2.31. The number of benzene rings is 1. The van der Waals surface area contributed by atoms with E-state index in [4.69, 9.17) is 16.3 Å². The maximum absolute atomic E-state index is 12.5. The number of H-pyrrole nitrogens is 1. The van der Waals surface area contributed by atoms with E-state index in [-0.39, 0.29) is 11.8 Å². The van der Waals surface area contributed by atoms with Gasteiger partial charge in [0, 0.05) is 53.3 Å². The van der Waals surface area contributed by atoms with Crippen molar-refractivity contribution in [2.24, 2.45) is 5.92 Å². The topological polar surface area (TPSA) is 45.3 Å². The van der Waals surface area contributed by atoms with E-state index in [1.807, 2.05) is 23.1 Å². The molecule has 3 heterocycles. The minimum Gasteiger partial charge on any atom is -0.381 e. The van der Waals surface area contributed by atoms with Crippen LogP contribution in [0, 0.1) is 5.92 Å². The van der Waals surface area contributed by atoms with Gasteiger partial charge in [-0.3, -0.25) is 4.79 Å². The molecule has 1 N–H and O–H groups in total. The number of ether oxygens (including phenoxy) is 1. The van der Waals surface area contributed by atoms with Crippen molar-refractivity contribution in [1.82, 2.24) is 9.88 Å². The molecule has 1 atom stereocenters. The Morgan fingerprint density at radius 1 is 1.43 bits per heavy atom. The predicted octanol–water partition coefficient (Wildman–Crippen LogP) is 2.74. The van der Waals surface area contributed by atoms with Gasteiger partial charge in [0.1, 0.15) is 0 Å². The monoisotopic (exact) mass is 304 g/mol. The summed E-state index contributed by atoms with van der Waals surface area (Å²) in [6.07, 6.45) is 1.73. The van der Waals surface area contributed by atoms with Crippen LogP contribution in [0.25, 0.3) is 10.9 Å². The molecule has 5 heteroatoms. The maximum atomic E-state index is 12.5. The Bertz CT molecular complexity index is 704. The van der Waals surface area contributed by atoms with Gasteiger partial charge in [0.05, 0.1) is 12.5 Å². The summed E-state index contributed by atoms with van der Waals surface area (Å²) in [6, 6.07) is 5.89. The molecule has 4 rings (SSSR count). The fraction of sp³-hybridized carbons (Fsp3) is 0.438. The second-order valence-electron chi connectivity index (χ2n) is 5.84. The molecule has 2 aliphatic rings. The van der Waals surface area contributed by atoms with Crippen LogP contribution in [0.1, 0.15) is 17.7 Å². The average molecular weight is 305 g/mol. The molecule has 2 aliphatic heterocycles. The van der Waals surface area contributed by atoms with Crippen molar-refractivity contribution in [3.8, 4) is 0 Å². The Kier molecular flexibility index (Phi) is 3.16. The summed E-state index contributed by atoms with van der Waals surface area (Å²) in [6.45, 7) is 2.73. The third-order valence-electron chi connectivity index (χ3n) is 4.53. The van der Waals surface area contributed by atoms with E-state index in [0.717, 1.165) is 35.3 Å². The summed E-state index contributed by atoms with van der Waals surface area (Å²) in [4.78, 5) is 18.0. The summed E-state index contributed by atoms with van der Waals surface area (Å²) in [7, 11) is 0. The van der Waals surface area contributed by atoms with Crippen molar-refractivity contribution in [3.63, 3.8) is 0 Å². The van der Waals surface area contributed by atoms with Crippen LogP contribution in [-0.2, 0) is 22.5 Å². The molecular weight excluding hydrogens is 288 g/mol. The van der Waals surface area contributed by atoms with Gasteiger partial charge in [0.25, 0.3) is 0 Å². The molecule has 0 spiro atoms. The van der Waals surface area contributed by atoms with Crippen molar-refractivity contribution in [3.05, 3.63) is 34.5 Å². The number of amides is 1. The minimum atomic E-state index is 0.0420. The Morgan fingerprint density at radius 3 is 3.14 bits per heavy atom. The fourth-order valence-corrected chi connectivity index (χ4v) is 3.53. The molecule has 1 aromatic carbocycles. The van der Waals surface area contributed by atoms with E-state index in [2.05, 4.69) is 4.98 Å². The van der Waals surface area contributed by atoms with E-state index in [1.54, 1.807) is 0 Å². The number of nitrogens with one attached hydrogen (secondary N) is 1. The molecule has 4 nitrogen and oxygen atoms in total. The molecule has 1 amide bonds. The molecule has 1 saturated heterocycles. The summed E-state index contributed by atoms with van der Waals surface area (Å²) >= 11 is 6.11. The van der Waals surface area contributed by atoms with Gasteiger partial charge in [-0.2, -0.15) is 0 Å². The lowest BCUT2D eigenvalue weighted by molar-refractivity contribution is -0.136. The molecule has 0 unspecified atom stereocenters. The SMILES string of the molecule is O=C([C@H]1CCOC1)N1CCc2[nH]c3ccc(Cl)cc3c2C1. The number of carbonyl (C=O) groups excluding carboxylic acids is 1. The van der Waals surface area contributed by atoms with Gasteiger partial charge in [-0.05, 0) is 24.6 Å². The number of fused-ring (bicyclic) bond motifs is 3. The van der Waals surface area contributed by atoms with Crippen molar-refractivity contribution < 1.29 is 9.53 Å². The van der Waals surface area contributed by atoms with Gasteiger partial charge >= 0.3 is 0 Å². The third kappa shape index (κ3) is 2.23. The smallest absolute Gasteiger partial charge is 0.228 e. The van der Waals surface area contributed by atoms with Gasteiger partial charge in [-0.1, -0.05) is 11.6 Å². The zero-order chi connectivity index (χ0) is 14.4. The first-order chi connectivity index (χ1) is 10.2. The number of hydrogen-bond acceptors (Lipinski definition) is 2. The zero-order valence-electron chi connectivity index (χ0n) is 11.7. The van der Waals surface area contributed by atoms with E-state index >= 15 is 0 Å². The van der Waals surface area contributed by atoms with Crippen molar-refractivity contribution in [2.75, 3.05) is 19.8 Å². The largest absolute Gasteiger partial charge is 0.381 e. The van der Waals surface area contributed by atoms with Crippen LogP contribution < -0.4 is 0 Å². The van der Waals surface area contributed by atoms with Crippen LogP contribution >= 0.6 is 11.6 Å². The molecule has 21 heavy (non-hydrogen) atoms. The standard InChI is InChI=1S/C16H17ClN2O2/c17-11-1-2-14-12(7-11)13-8-19(5-3-15(13)18-14)16(20)10-4-6-21-9-10/h1-2,7,10,18H,3-6,8-9H2/t10-/m0/s1. The van der Waals surface area contributed by atoms with E-state index < -0.39 is 0 Å². The lowest BCUT2D eigenvalue weighted by atomic mass is 10.0. The van der Waals surface area contributed by atoms with Crippen molar-refractivity contribution in [1.29, 1.82) is 0 Å². The molecule has 1 aromatic heterocycles. The van der Waals surface area contributed by atoms with Gasteiger partial charge in [0.2, 0.25) is 5.91 Å². The summed E-state index contributed by atoms with van der Waals surface area (Å²) in [5.41, 5.74) is 3.55. The van der Waals surface area contributed by atoms with Crippen LogP contribution in [0.3, 0.4) is 0 Å². The number of hydrogen-bond donors (Lipinski definition) is 1. The molecule has 0 aliphatic carbocycles. The number of halogens is 1. The number of rotatable bonds is 1. The third-order valence-corrected chi connectivity index (χ3v) is 4.76. The highest BCUT2D eigenvalue weighted by molar-refractivity contribution is 6.31. The summed E-state index contributed by atoms with van der Waals surface area (Å²) in [5, 5.41) is 1.87. The van der Waals surface area contributed by atoms with E-state index in [0.29, 0.717) is 19.8 Å². The van der Waals surface area contributed by atoms with Crippen LogP contribution in [0.15, 0.2) is 18.2 Å². The number of aromatic nitrogens is 1. The normalized spacial score (nSPS) is 21.8. The molecule has 0 bridgehead atoms. The highest BCUT2D eigenvalue weighted by atomic mass is 35.5. The van der Waals surface area contributed by atoms with E-state index in [1.165, 1.54) is 11.3 Å². The Hall–Kier alpha value is -1.52.